The Labute approximate surface area is 182 Å². The maximum atomic E-state index is 11.5. The smallest absolute Gasteiger partial charge is 0.173 e. The first-order chi connectivity index (χ1) is 14.5. The zero-order valence-corrected chi connectivity index (χ0v) is 18.1. The average molecular weight is 423 g/mol. The van der Waals surface area contributed by atoms with Crippen LogP contribution in [0.3, 0.4) is 0 Å². The van der Waals surface area contributed by atoms with Gasteiger partial charge in [-0.05, 0) is 67.5 Å². The van der Waals surface area contributed by atoms with E-state index in [1.165, 1.54) is 0 Å². The number of aromatic nitrogens is 2. The second-order valence-corrected chi connectivity index (χ2v) is 7.37. The Balaban J connectivity index is 1.67. The number of hydrogen-bond donors (Lipinski definition) is 1. The van der Waals surface area contributed by atoms with Crippen LogP contribution in [0, 0.1) is 0 Å². The zero-order chi connectivity index (χ0) is 21.3. The number of Topliss-reactive ketones (excluding diaryl/α,β-unsaturated/α-hetero) is 1. The minimum Gasteiger partial charge on any atom is -0.497 e. The molecule has 0 fully saturated rings. The van der Waals surface area contributed by atoms with E-state index in [0.717, 1.165) is 36.5 Å². The number of carbonyl (C=O) groups excluding carboxylic acids is 1. The van der Waals surface area contributed by atoms with Crippen LogP contribution >= 0.6 is 12.2 Å². The van der Waals surface area contributed by atoms with Gasteiger partial charge in [0, 0.05) is 43.3 Å². The van der Waals surface area contributed by atoms with Gasteiger partial charge in [-0.25, -0.2) is 4.98 Å². The summed E-state index contributed by atoms with van der Waals surface area (Å²) in [5.74, 6) is 0.876. The lowest BCUT2D eigenvalue weighted by molar-refractivity contribution is 0.101. The molecule has 3 rings (SSSR count). The number of aryl methyl sites for hydroxylation is 1. The van der Waals surface area contributed by atoms with Crippen molar-refractivity contribution in [2.45, 2.75) is 26.4 Å². The summed E-state index contributed by atoms with van der Waals surface area (Å²) >= 11 is 5.71. The van der Waals surface area contributed by atoms with Crippen molar-refractivity contribution < 1.29 is 9.53 Å². The molecule has 6 nitrogen and oxygen atoms in total. The number of methoxy groups -OCH3 is 1. The number of ether oxygens (including phenoxy) is 1. The van der Waals surface area contributed by atoms with Gasteiger partial charge >= 0.3 is 0 Å². The van der Waals surface area contributed by atoms with E-state index in [2.05, 4.69) is 19.8 Å². The second kappa shape index (κ2) is 10.5. The number of hydrogen-bond acceptors (Lipinski definition) is 4. The largest absolute Gasteiger partial charge is 0.497 e. The Morgan fingerprint density at radius 3 is 2.50 bits per heavy atom. The van der Waals surface area contributed by atoms with Gasteiger partial charge in [0.1, 0.15) is 5.75 Å². The fourth-order valence-corrected chi connectivity index (χ4v) is 3.33. The maximum Gasteiger partial charge on any atom is 0.173 e. The van der Waals surface area contributed by atoms with Gasteiger partial charge in [0.05, 0.1) is 13.4 Å². The van der Waals surface area contributed by atoms with Crippen LogP contribution in [0.4, 0.5) is 5.69 Å². The van der Waals surface area contributed by atoms with Crippen molar-refractivity contribution in [1.82, 2.24) is 14.5 Å². The van der Waals surface area contributed by atoms with E-state index in [1.54, 1.807) is 32.4 Å². The maximum absolute atomic E-state index is 11.5. The Bertz CT molecular complexity index is 954. The number of ketones is 1. The summed E-state index contributed by atoms with van der Waals surface area (Å²) < 4.78 is 7.31. The van der Waals surface area contributed by atoms with Crippen molar-refractivity contribution in [3.63, 3.8) is 0 Å². The number of benzene rings is 2. The van der Waals surface area contributed by atoms with Crippen molar-refractivity contribution in [2.24, 2.45) is 0 Å². The van der Waals surface area contributed by atoms with Gasteiger partial charge in [-0.15, -0.1) is 0 Å². The lowest BCUT2D eigenvalue weighted by Crippen LogP contribution is -2.35. The molecule has 0 atom stereocenters. The molecule has 1 N–H and O–H groups in total. The minimum absolute atomic E-state index is 0.0461. The van der Waals surface area contributed by atoms with Crippen molar-refractivity contribution in [3.8, 4) is 5.75 Å². The molecule has 0 aliphatic rings. The topological polar surface area (TPSA) is 59.4 Å². The predicted molar refractivity (Wildman–Crippen MR) is 123 cm³/mol. The van der Waals surface area contributed by atoms with Gasteiger partial charge in [0.2, 0.25) is 0 Å². The summed E-state index contributed by atoms with van der Waals surface area (Å²) in [4.78, 5) is 17.7. The predicted octanol–water partition coefficient (Wildman–Crippen LogP) is 4.38. The van der Waals surface area contributed by atoms with Gasteiger partial charge in [0.15, 0.2) is 10.9 Å². The molecule has 0 unspecified atom stereocenters. The molecule has 0 amide bonds. The van der Waals surface area contributed by atoms with Gasteiger partial charge in [0.25, 0.3) is 0 Å². The monoisotopic (exact) mass is 422 g/mol. The number of carbonyl (C=O) groups is 1. The number of rotatable bonds is 9. The Hall–Kier alpha value is -3.19. The van der Waals surface area contributed by atoms with Gasteiger partial charge in [-0.1, -0.05) is 12.1 Å². The first-order valence-corrected chi connectivity index (χ1v) is 10.2. The van der Waals surface area contributed by atoms with Crippen LogP contribution in [-0.2, 0) is 13.1 Å². The summed E-state index contributed by atoms with van der Waals surface area (Å²) in [7, 11) is 1.66. The SMILES string of the molecule is COc1ccc(CN(CCCn2ccnc2)C(=S)Nc2ccc(C(C)=O)cc2)cc1. The highest BCUT2D eigenvalue weighted by atomic mass is 32.1. The van der Waals surface area contributed by atoms with Crippen LogP contribution in [0.2, 0.25) is 0 Å². The third kappa shape index (κ3) is 6.15. The third-order valence-corrected chi connectivity index (χ3v) is 5.13. The van der Waals surface area contributed by atoms with Crippen molar-refractivity contribution in [3.05, 3.63) is 78.4 Å². The molecule has 0 bridgehead atoms. The van der Waals surface area contributed by atoms with Crippen LogP contribution < -0.4 is 10.1 Å². The molecule has 156 valence electrons. The second-order valence-electron chi connectivity index (χ2n) is 6.99. The summed E-state index contributed by atoms with van der Waals surface area (Å²) in [6, 6.07) is 15.4. The lowest BCUT2D eigenvalue weighted by atomic mass is 10.1. The molecule has 0 radical (unpaired) electrons. The number of nitrogens with zero attached hydrogens (tertiary/aromatic N) is 3. The molecule has 30 heavy (non-hydrogen) atoms. The van der Waals surface area contributed by atoms with Crippen molar-refractivity contribution >= 4 is 28.8 Å². The van der Waals surface area contributed by atoms with E-state index in [9.17, 15) is 4.79 Å². The third-order valence-electron chi connectivity index (χ3n) is 4.77. The minimum atomic E-state index is 0.0461. The number of nitrogens with one attached hydrogen (secondary N) is 1. The lowest BCUT2D eigenvalue weighted by Gasteiger charge is -2.26. The Morgan fingerprint density at radius 2 is 1.90 bits per heavy atom. The van der Waals surface area contributed by atoms with Crippen LogP contribution in [0.25, 0.3) is 0 Å². The zero-order valence-electron chi connectivity index (χ0n) is 17.2. The molecule has 0 aliphatic heterocycles. The standard InChI is InChI=1S/C23H26N4O2S/c1-18(28)20-6-8-21(9-7-20)25-23(30)27(14-3-13-26-15-12-24-17-26)16-19-4-10-22(29-2)11-5-19/h4-12,15,17H,3,13-14,16H2,1-2H3,(H,25,30). The molecule has 0 spiro atoms. The molecule has 3 aromatic rings. The number of anilines is 1. The van der Waals surface area contributed by atoms with Crippen LogP contribution in [0.15, 0.2) is 67.3 Å². The van der Waals surface area contributed by atoms with Crippen LogP contribution in [0.5, 0.6) is 5.75 Å². The fraction of sp³-hybridized carbons (Fsp3) is 0.261. The molecule has 0 saturated carbocycles. The molecular weight excluding hydrogens is 396 g/mol. The van der Waals surface area contributed by atoms with Crippen LogP contribution in [0.1, 0.15) is 29.3 Å². The number of thiocarbonyl (C=S) groups is 1. The molecule has 1 heterocycles. The summed E-state index contributed by atoms with van der Waals surface area (Å²) in [5, 5.41) is 3.94. The fourth-order valence-electron chi connectivity index (χ4n) is 3.06. The van der Waals surface area contributed by atoms with E-state index in [0.29, 0.717) is 17.2 Å². The highest BCUT2D eigenvalue weighted by Crippen LogP contribution is 2.16. The molecule has 7 heteroatoms. The van der Waals surface area contributed by atoms with E-state index in [-0.39, 0.29) is 5.78 Å². The summed E-state index contributed by atoms with van der Waals surface area (Å²) in [6.45, 7) is 3.91. The average Bonchev–Trinajstić information content (AvgIpc) is 3.27. The van der Waals surface area contributed by atoms with Crippen molar-refractivity contribution in [2.75, 3.05) is 19.0 Å². The van der Waals surface area contributed by atoms with E-state index < -0.39 is 0 Å². The summed E-state index contributed by atoms with van der Waals surface area (Å²) in [6.07, 6.45) is 6.49. The molecule has 0 saturated heterocycles. The van der Waals surface area contributed by atoms with E-state index >= 15 is 0 Å². The first-order valence-electron chi connectivity index (χ1n) is 9.81. The normalized spacial score (nSPS) is 10.5. The first kappa shape index (κ1) is 21.5. The van der Waals surface area contributed by atoms with Gasteiger partial charge in [-0.3, -0.25) is 4.79 Å². The molecule has 0 aliphatic carbocycles. The van der Waals surface area contributed by atoms with E-state index in [4.69, 9.17) is 17.0 Å². The van der Waals surface area contributed by atoms with E-state index in [1.807, 2.05) is 48.9 Å². The number of imidazole rings is 1. The highest BCUT2D eigenvalue weighted by molar-refractivity contribution is 7.80. The van der Waals surface area contributed by atoms with Crippen LogP contribution in [-0.4, -0.2) is 39.0 Å². The molecule has 1 aromatic heterocycles. The quantitative estimate of drug-likeness (QED) is 0.408. The molecular formula is C23H26N4O2S. The van der Waals surface area contributed by atoms with Crippen molar-refractivity contribution in [1.29, 1.82) is 0 Å². The van der Waals surface area contributed by atoms with Gasteiger partial charge in [-0.2, -0.15) is 0 Å². The highest BCUT2D eigenvalue weighted by Gasteiger charge is 2.12. The Morgan fingerprint density at radius 1 is 1.17 bits per heavy atom. The Kier molecular flexibility index (Phi) is 7.57. The van der Waals surface area contributed by atoms with Gasteiger partial charge < -0.3 is 19.5 Å². The summed E-state index contributed by atoms with van der Waals surface area (Å²) in [5.41, 5.74) is 2.69. The molecule has 2 aromatic carbocycles.